The minimum absolute atomic E-state index is 0.00407. The van der Waals surface area contributed by atoms with Gasteiger partial charge in [0.2, 0.25) is 5.91 Å². The topological polar surface area (TPSA) is 56.2 Å². The second-order valence-electron chi connectivity index (χ2n) is 4.17. The molecule has 1 aliphatic rings. The number of amidine groups is 1. The molecule has 0 unspecified atom stereocenters. The lowest BCUT2D eigenvalue weighted by Gasteiger charge is -2.20. The molecule has 1 heterocycles. The van der Waals surface area contributed by atoms with E-state index in [0.29, 0.717) is 10.9 Å². The lowest BCUT2D eigenvalue weighted by molar-refractivity contribution is -0.115. The average Bonchev–Trinajstić information content (AvgIpc) is 2.70. The van der Waals surface area contributed by atoms with Crippen LogP contribution in [0.3, 0.4) is 0 Å². The number of benzene rings is 1. The maximum atomic E-state index is 11.9. The zero-order valence-electron chi connectivity index (χ0n) is 10.6. The monoisotopic (exact) mass is 263 g/mol. The number of thioether (sulfide) groups is 1. The van der Waals surface area contributed by atoms with Gasteiger partial charge in [-0.1, -0.05) is 31.2 Å². The van der Waals surface area contributed by atoms with Gasteiger partial charge in [0, 0.05) is 12.7 Å². The van der Waals surface area contributed by atoms with Gasteiger partial charge in [-0.05, 0) is 24.1 Å². The number of carbonyl (C=O) groups excluding carboxylic acids is 1. The Labute approximate surface area is 111 Å². The summed E-state index contributed by atoms with van der Waals surface area (Å²) in [4.78, 5) is 13.4. The van der Waals surface area contributed by atoms with Crippen molar-refractivity contribution in [2.75, 3.05) is 23.0 Å². The van der Waals surface area contributed by atoms with E-state index in [1.807, 2.05) is 25.2 Å². The number of nitrogens with one attached hydrogen (secondary N) is 2. The first-order chi connectivity index (χ1) is 8.67. The standard InChI is InChI=1S/C13H17N3OS/c1-3-4-9-5-6-10(15-2)7-11(9)16-12(17)8-18-13(16)14/h5-7,14-15H,3-4,8H2,1-2H3. The van der Waals surface area contributed by atoms with E-state index in [1.165, 1.54) is 16.7 Å². The summed E-state index contributed by atoms with van der Waals surface area (Å²) in [6.07, 6.45) is 1.94. The summed E-state index contributed by atoms with van der Waals surface area (Å²) in [6, 6.07) is 5.99. The van der Waals surface area contributed by atoms with Crippen LogP contribution < -0.4 is 10.2 Å². The Kier molecular flexibility index (Phi) is 3.91. The number of hydrogen-bond acceptors (Lipinski definition) is 4. The molecule has 96 valence electrons. The largest absolute Gasteiger partial charge is 0.388 e. The van der Waals surface area contributed by atoms with Crippen molar-refractivity contribution in [1.82, 2.24) is 0 Å². The molecule has 1 aromatic carbocycles. The van der Waals surface area contributed by atoms with E-state index in [9.17, 15) is 4.79 Å². The number of anilines is 2. The Hall–Kier alpha value is -1.49. The molecule has 1 aromatic rings. The Morgan fingerprint density at radius 2 is 2.28 bits per heavy atom. The summed E-state index contributed by atoms with van der Waals surface area (Å²) in [7, 11) is 1.85. The van der Waals surface area contributed by atoms with Crippen molar-refractivity contribution in [1.29, 1.82) is 5.41 Å². The molecule has 0 spiro atoms. The van der Waals surface area contributed by atoms with Gasteiger partial charge in [0.15, 0.2) is 5.17 Å². The van der Waals surface area contributed by atoms with Crippen LogP contribution in [0.5, 0.6) is 0 Å². The summed E-state index contributed by atoms with van der Waals surface area (Å²) in [5, 5.41) is 11.3. The van der Waals surface area contributed by atoms with Crippen molar-refractivity contribution in [2.45, 2.75) is 19.8 Å². The molecule has 18 heavy (non-hydrogen) atoms. The molecule has 1 saturated heterocycles. The van der Waals surface area contributed by atoms with Gasteiger partial charge in [-0.25, -0.2) is 0 Å². The first-order valence-electron chi connectivity index (χ1n) is 6.02. The minimum atomic E-state index is -0.00407. The second-order valence-corrected chi connectivity index (χ2v) is 5.13. The summed E-state index contributed by atoms with van der Waals surface area (Å²) < 4.78 is 0. The van der Waals surface area contributed by atoms with E-state index >= 15 is 0 Å². The van der Waals surface area contributed by atoms with E-state index in [2.05, 4.69) is 12.2 Å². The predicted octanol–water partition coefficient (Wildman–Crippen LogP) is 2.70. The molecule has 1 amide bonds. The second kappa shape index (κ2) is 5.44. The van der Waals surface area contributed by atoms with Crippen LogP contribution in [0.4, 0.5) is 11.4 Å². The lowest BCUT2D eigenvalue weighted by atomic mass is 10.1. The first-order valence-corrected chi connectivity index (χ1v) is 7.01. The highest BCUT2D eigenvalue weighted by molar-refractivity contribution is 8.15. The molecule has 1 fully saturated rings. The van der Waals surface area contributed by atoms with Gasteiger partial charge in [0.05, 0.1) is 11.4 Å². The molecule has 0 radical (unpaired) electrons. The molecule has 0 aliphatic carbocycles. The predicted molar refractivity (Wildman–Crippen MR) is 77.7 cm³/mol. The Balaban J connectivity index is 2.45. The zero-order valence-corrected chi connectivity index (χ0v) is 11.4. The molecule has 0 atom stereocenters. The summed E-state index contributed by atoms with van der Waals surface area (Å²) >= 11 is 1.29. The normalized spacial score (nSPS) is 15.3. The van der Waals surface area contributed by atoms with Crippen LogP contribution in [0.15, 0.2) is 18.2 Å². The van der Waals surface area contributed by atoms with Crippen molar-refractivity contribution in [3.8, 4) is 0 Å². The Bertz CT molecular complexity index is 471. The fourth-order valence-electron chi connectivity index (χ4n) is 2.02. The van der Waals surface area contributed by atoms with Crippen LogP contribution in [0.1, 0.15) is 18.9 Å². The van der Waals surface area contributed by atoms with Crippen LogP contribution in [0, 0.1) is 5.41 Å². The summed E-state index contributed by atoms with van der Waals surface area (Å²) in [6.45, 7) is 2.11. The van der Waals surface area contributed by atoms with Crippen LogP contribution in [0.25, 0.3) is 0 Å². The SMILES string of the molecule is CCCc1ccc(NC)cc1N1C(=N)SCC1=O. The van der Waals surface area contributed by atoms with E-state index in [0.717, 1.165) is 29.8 Å². The first kappa shape index (κ1) is 13.0. The Morgan fingerprint density at radius 1 is 1.50 bits per heavy atom. The van der Waals surface area contributed by atoms with Gasteiger partial charge >= 0.3 is 0 Å². The summed E-state index contributed by atoms with van der Waals surface area (Å²) in [5.74, 6) is 0.365. The van der Waals surface area contributed by atoms with Crippen LogP contribution in [-0.2, 0) is 11.2 Å². The number of rotatable bonds is 4. The Morgan fingerprint density at radius 3 is 2.83 bits per heavy atom. The van der Waals surface area contributed by atoms with Crippen molar-refractivity contribution < 1.29 is 4.79 Å². The molecule has 1 aliphatic heterocycles. The maximum absolute atomic E-state index is 11.9. The molecule has 0 saturated carbocycles. The number of hydrogen-bond donors (Lipinski definition) is 2. The average molecular weight is 263 g/mol. The quantitative estimate of drug-likeness (QED) is 0.878. The highest BCUT2D eigenvalue weighted by atomic mass is 32.2. The third-order valence-corrected chi connectivity index (χ3v) is 3.77. The minimum Gasteiger partial charge on any atom is -0.388 e. The van der Waals surface area contributed by atoms with E-state index in [-0.39, 0.29) is 5.91 Å². The third kappa shape index (κ3) is 2.36. The molecule has 4 nitrogen and oxygen atoms in total. The highest BCUT2D eigenvalue weighted by Crippen LogP contribution is 2.31. The zero-order chi connectivity index (χ0) is 13.1. The smallest absolute Gasteiger partial charge is 0.243 e. The molecule has 0 bridgehead atoms. The molecular weight excluding hydrogens is 246 g/mol. The van der Waals surface area contributed by atoms with Gasteiger partial charge in [0.1, 0.15) is 0 Å². The van der Waals surface area contributed by atoms with Crippen molar-refractivity contribution in [2.24, 2.45) is 0 Å². The fourth-order valence-corrected chi connectivity index (χ4v) is 2.74. The molecule has 2 N–H and O–H groups in total. The molecule has 5 heteroatoms. The van der Waals surface area contributed by atoms with E-state index in [1.54, 1.807) is 0 Å². The molecule has 2 rings (SSSR count). The van der Waals surface area contributed by atoms with Gasteiger partial charge in [-0.3, -0.25) is 15.1 Å². The summed E-state index contributed by atoms with van der Waals surface area (Å²) in [5.41, 5.74) is 2.93. The third-order valence-electron chi connectivity index (χ3n) is 2.92. The van der Waals surface area contributed by atoms with Crippen molar-refractivity contribution in [3.63, 3.8) is 0 Å². The van der Waals surface area contributed by atoms with Gasteiger partial charge in [-0.2, -0.15) is 0 Å². The number of nitrogens with zero attached hydrogens (tertiary/aromatic N) is 1. The maximum Gasteiger partial charge on any atom is 0.243 e. The van der Waals surface area contributed by atoms with E-state index < -0.39 is 0 Å². The van der Waals surface area contributed by atoms with Crippen molar-refractivity contribution >= 4 is 34.2 Å². The van der Waals surface area contributed by atoms with Gasteiger partial charge in [0.25, 0.3) is 0 Å². The van der Waals surface area contributed by atoms with Crippen LogP contribution >= 0.6 is 11.8 Å². The van der Waals surface area contributed by atoms with Crippen LogP contribution in [0.2, 0.25) is 0 Å². The number of amides is 1. The van der Waals surface area contributed by atoms with Crippen LogP contribution in [-0.4, -0.2) is 23.9 Å². The van der Waals surface area contributed by atoms with Gasteiger partial charge in [-0.15, -0.1) is 0 Å². The number of carbonyl (C=O) groups is 1. The lowest BCUT2D eigenvalue weighted by Crippen LogP contribution is -2.29. The molecular formula is C13H17N3OS. The fraction of sp³-hybridized carbons (Fsp3) is 0.385. The van der Waals surface area contributed by atoms with Crippen molar-refractivity contribution in [3.05, 3.63) is 23.8 Å². The molecule has 0 aromatic heterocycles. The highest BCUT2D eigenvalue weighted by Gasteiger charge is 2.29. The van der Waals surface area contributed by atoms with E-state index in [4.69, 9.17) is 5.41 Å². The number of aryl methyl sites for hydroxylation is 1. The van der Waals surface area contributed by atoms with Gasteiger partial charge < -0.3 is 5.32 Å².